The highest BCUT2D eigenvalue weighted by atomic mass is 16.5. The van der Waals surface area contributed by atoms with Crippen molar-refractivity contribution < 1.29 is 14.3 Å². The van der Waals surface area contributed by atoms with Crippen molar-refractivity contribution in [2.75, 3.05) is 27.2 Å². The molecule has 2 atom stereocenters. The van der Waals surface area contributed by atoms with Gasteiger partial charge >= 0.3 is 5.97 Å². The van der Waals surface area contributed by atoms with Crippen molar-refractivity contribution in [2.45, 2.75) is 19.1 Å². The molecule has 1 aliphatic heterocycles. The number of ether oxygens (including phenoxy) is 2. The van der Waals surface area contributed by atoms with Gasteiger partial charge in [-0.25, -0.2) is 0 Å². The van der Waals surface area contributed by atoms with Gasteiger partial charge in [-0.2, -0.15) is 0 Å². The van der Waals surface area contributed by atoms with E-state index in [4.69, 9.17) is 9.47 Å². The molecular weight excluding hydrogens is 242 g/mol. The molecule has 0 spiro atoms. The van der Waals surface area contributed by atoms with Gasteiger partial charge in [0.1, 0.15) is 0 Å². The summed E-state index contributed by atoms with van der Waals surface area (Å²) in [5.74, 6) is -0.218. The van der Waals surface area contributed by atoms with Crippen LogP contribution in [0.4, 0.5) is 0 Å². The van der Waals surface area contributed by atoms with Gasteiger partial charge in [-0.3, -0.25) is 4.79 Å². The molecule has 0 amide bonds. The summed E-state index contributed by atoms with van der Waals surface area (Å²) in [6.45, 7) is 2.20. The van der Waals surface area contributed by atoms with E-state index < -0.39 is 0 Å². The number of carbonyl (C=O) groups is 1. The smallest absolute Gasteiger partial charge is 0.310 e. The first-order chi connectivity index (χ1) is 9.19. The molecule has 4 nitrogen and oxygen atoms in total. The quantitative estimate of drug-likeness (QED) is 0.775. The molecule has 0 radical (unpaired) electrons. The van der Waals surface area contributed by atoms with E-state index >= 15 is 0 Å². The Labute approximate surface area is 114 Å². The Bertz CT molecular complexity index is 407. The van der Waals surface area contributed by atoms with Crippen molar-refractivity contribution >= 4 is 5.97 Å². The summed E-state index contributed by atoms with van der Waals surface area (Å²) in [6.07, 6.45) is 0.826. The first kappa shape index (κ1) is 14.0. The second-order valence-electron chi connectivity index (χ2n) is 5.10. The highest BCUT2D eigenvalue weighted by molar-refractivity contribution is 5.72. The van der Waals surface area contributed by atoms with Crippen LogP contribution < -0.4 is 0 Å². The van der Waals surface area contributed by atoms with Gasteiger partial charge < -0.3 is 14.4 Å². The number of methoxy groups -OCH3 is 1. The molecule has 1 saturated heterocycles. The van der Waals surface area contributed by atoms with Crippen LogP contribution in [-0.2, 0) is 20.9 Å². The van der Waals surface area contributed by atoms with E-state index in [0.717, 1.165) is 25.1 Å². The number of hydrogen-bond acceptors (Lipinski definition) is 4. The molecule has 2 rings (SSSR count). The van der Waals surface area contributed by atoms with Gasteiger partial charge in [0.05, 0.1) is 25.7 Å². The van der Waals surface area contributed by atoms with Crippen LogP contribution in [0.3, 0.4) is 0 Å². The molecule has 1 aromatic carbocycles. The lowest BCUT2D eigenvalue weighted by Crippen LogP contribution is -2.44. The van der Waals surface area contributed by atoms with Crippen molar-refractivity contribution in [1.29, 1.82) is 0 Å². The number of carbonyl (C=O) groups excluding carboxylic acids is 1. The Balaban J connectivity index is 1.87. The van der Waals surface area contributed by atoms with E-state index in [2.05, 4.69) is 4.90 Å². The summed E-state index contributed by atoms with van der Waals surface area (Å²) in [7, 11) is 3.45. The van der Waals surface area contributed by atoms with E-state index in [1.165, 1.54) is 7.11 Å². The van der Waals surface area contributed by atoms with Crippen molar-refractivity contribution in [3.8, 4) is 0 Å². The normalized spacial score (nSPS) is 24.1. The summed E-state index contributed by atoms with van der Waals surface area (Å²) >= 11 is 0. The third-order valence-corrected chi connectivity index (χ3v) is 3.46. The third kappa shape index (κ3) is 4.04. The van der Waals surface area contributed by atoms with Crippen molar-refractivity contribution in [3.63, 3.8) is 0 Å². The van der Waals surface area contributed by atoms with Crippen LogP contribution in [0.15, 0.2) is 30.3 Å². The van der Waals surface area contributed by atoms with E-state index in [9.17, 15) is 4.79 Å². The van der Waals surface area contributed by atoms with E-state index in [-0.39, 0.29) is 18.0 Å². The van der Waals surface area contributed by atoms with Crippen molar-refractivity contribution in [3.05, 3.63) is 35.9 Å². The van der Waals surface area contributed by atoms with E-state index in [1.807, 2.05) is 37.4 Å². The zero-order chi connectivity index (χ0) is 13.7. The first-order valence-electron chi connectivity index (χ1n) is 6.61. The Morgan fingerprint density at radius 3 is 2.74 bits per heavy atom. The molecule has 1 fully saturated rings. The highest BCUT2D eigenvalue weighted by Crippen LogP contribution is 2.20. The maximum absolute atomic E-state index is 11.6. The molecule has 4 heteroatoms. The highest BCUT2D eigenvalue weighted by Gasteiger charge is 2.31. The number of rotatable bonds is 4. The molecule has 1 aliphatic rings. The third-order valence-electron chi connectivity index (χ3n) is 3.46. The molecule has 104 valence electrons. The van der Waals surface area contributed by atoms with E-state index in [0.29, 0.717) is 6.61 Å². The topological polar surface area (TPSA) is 38.8 Å². The zero-order valence-electron chi connectivity index (χ0n) is 11.5. The Hall–Kier alpha value is -1.39. The average Bonchev–Trinajstić information content (AvgIpc) is 2.45. The molecule has 2 unspecified atom stereocenters. The van der Waals surface area contributed by atoms with Crippen LogP contribution in [0.5, 0.6) is 0 Å². The Morgan fingerprint density at radius 2 is 2.05 bits per heavy atom. The van der Waals surface area contributed by atoms with Gasteiger partial charge in [0.2, 0.25) is 0 Å². The molecule has 0 aliphatic carbocycles. The van der Waals surface area contributed by atoms with Crippen molar-refractivity contribution in [1.82, 2.24) is 4.90 Å². The molecule has 0 saturated carbocycles. The maximum atomic E-state index is 11.6. The predicted octanol–water partition coefficient (Wildman–Crippen LogP) is 1.70. The number of likely N-dealkylation sites (N-methyl/N-ethyl adjacent to an activating group) is 1. The van der Waals surface area contributed by atoms with Gasteiger partial charge in [-0.05, 0) is 19.0 Å². The zero-order valence-corrected chi connectivity index (χ0v) is 11.5. The van der Waals surface area contributed by atoms with Gasteiger partial charge in [0.15, 0.2) is 0 Å². The number of benzene rings is 1. The predicted molar refractivity (Wildman–Crippen MR) is 72.6 cm³/mol. The van der Waals surface area contributed by atoms with E-state index in [1.54, 1.807) is 0 Å². The molecule has 0 bridgehead atoms. The fourth-order valence-corrected chi connectivity index (χ4v) is 2.51. The first-order valence-corrected chi connectivity index (χ1v) is 6.61. The van der Waals surface area contributed by atoms with Gasteiger partial charge in [0, 0.05) is 13.1 Å². The van der Waals surface area contributed by atoms with Crippen LogP contribution in [0.2, 0.25) is 0 Å². The lowest BCUT2D eigenvalue weighted by molar-refractivity contribution is -0.150. The number of esters is 1. The number of likely N-dealkylation sites (tertiary alicyclic amines) is 1. The summed E-state index contributed by atoms with van der Waals surface area (Å²) in [5.41, 5.74) is 1.16. The number of piperidine rings is 1. The lowest BCUT2D eigenvalue weighted by Gasteiger charge is -2.34. The number of hydrogen-bond donors (Lipinski definition) is 0. The minimum absolute atomic E-state index is 0.0791. The lowest BCUT2D eigenvalue weighted by atomic mass is 9.96. The fraction of sp³-hybridized carbons (Fsp3) is 0.533. The molecule has 19 heavy (non-hydrogen) atoms. The summed E-state index contributed by atoms with van der Waals surface area (Å²) in [4.78, 5) is 13.8. The second kappa shape index (κ2) is 6.68. The van der Waals surface area contributed by atoms with Crippen molar-refractivity contribution in [2.24, 2.45) is 5.92 Å². The van der Waals surface area contributed by atoms with Crippen LogP contribution in [0.25, 0.3) is 0 Å². The molecule has 1 aromatic rings. The maximum Gasteiger partial charge on any atom is 0.310 e. The van der Waals surface area contributed by atoms with Gasteiger partial charge in [-0.1, -0.05) is 30.3 Å². The summed E-state index contributed by atoms with van der Waals surface area (Å²) in [6, 6.07) is 10.1. The number of nitrogens with zero attached hydrogens (tertiary/aromatic N) is 1. The fourth-order valence-electron chi connectivity index (χ4n) is 2.51. The average molecular weight is 263 g/mol. The summed E-state index contributed by atoms with van der Waals surface area (Å²) in [5, 5.41) is 0. The summed E-state index contributed by atoms with van der Waals surface area (Å²) < 4.78 is 10.7. The minimum Gasteiger partial charge on any atom is -0.469 e. The standard InChI is InChI=1S/C15H21NO3/c1-16-9-13(15(17)18-2)8-14(10-16)19-11-12-6-4-3-5-7-12/h3-7,13-14H,8-11H2,1-2H3. The Kier molecular flexibility index (Phi) is 4.93. The van der Waals surface area contributed by atoms with Gasteiger partial charge in [0.25, 0.3) is 0 Å². The largest absolute Gasteiger partial charge is 0.469 e. The van der Waals surface area contributed by atoms with Crippen LogP contribution in [-0.4, -0.2) is 44.2 Å². The molecule has 0 N–H and O–H groups in total. The monoisotopic (exact) mass is 263 g/mol. The minimum atomic E-state index is -0.139. The SMILES string of the molecule is COC(=O)C1CC(OCc2ccccc2)CN(C)C1. The van der Waals surface area contributed by atoms with Crippen LogP contribution in [0, 0.1) is 5.92 Å². The molecule has 0 aromatic heterocycles. The van der Waals surface area contributed by atoms with Crippen LogP contribution >= 0.6 is 0 Å². The molecule has 1 heterocycles. The van der Waals surface area contributed by atoms with Crippen LogP contribution in [0.1, 0.15) is 12.0 Å². The second-order valence-corrected chi connectivity index (χ2v) is 5.10. The van der Waals surface area contributed by atoms with Gasteiger partial charge in [-0.15, -0.1) is 0 Å². The molecular formula is C15H21NO3. The Morgan fingerprint density at radius 1 is 1.32 bits per heavy atom.